The van der Waals surface area contributed by atoms with Crippen molar-refractivity contribution in [2.24, 2.45) is 5.41 Å². The Morgan fingerprint density at radius 2 is 1.82 bits per heavy atom. The summed E-state index contributed by atoms with van der Waals surface area (Å²) in [6.45, 7) is 5.15. The van der Waals surface area contributed by atoms with Gasteiger partial charge in [0.15, 0.2) is 0 Å². The zero-order valence-corrected chi connectivity index (χ0v) is 23.0. The van der Waals surface area contributed by atoms with Crippen molar-refractivity contribution in [2.45, 2.75) is 58.4 Å². The highest BCUT2D eigenvalue weighted by Crippen LogP contribution is 2.39. The first-order valence-electron chi connectivity index (χ1n) is 13.8. The van der Waals surface area contributed by atoms with E-state index in [1.165, 1.54) is 5.56 Å². The van der Waals surface area contributed by atoms with Gasteiger partial charge in [-0.3, -0.25) is 9.59 Å². The Morgan fingerprint density at radius 3 is 2.62 bits per heavy atom. The Bertz CT molecular complexity index is 1330. The van der Waals surface area contributed by atoms with Crippen molar-refractivity contribution in [3.05, 3.63) is 65.4 Å². The number of nitrogens with one attached hydrogen (secondary N) is 1. The first-order valence-corrected chi connectivity index (χ1v) is 13.8. The smallest absolute Gasteiger partial charge is 0.259 e. The molecule has 1 N–H and O–H groups in total. The number of fused-ring (bicyclic) bond motifs is 1. The molecule has 1 atom stereocenters. The van der Waals surface area contributed by atoms with Gasteiger partial charge in [-0.05, 0) is 69.7 Å². The molecule has 8 nitrogen and oxygen atoms in total. The number of rotatable bonds is 3. The number of ether oxygens (including phenoxy) is 2. The predicted octanol–water partition coefficient (Wildman–Crippen LogP) is 5.19. The minimum atomic E-state index is -0.501. The molecule has 0 aliphatic carbocycles. The van der Waals surface area contributed by atoms with Crippen molar-refractivity contribution < 1.29 is 23.6 Å². The molecular weight excluding hydrogens is 494 g/mol. The number of amides is 2. The lowest BCUT2D eigenvalue weighted by atomic mass is 9.73. The van der Waals surface area contributed by atoms with Gasteiger partial charge < -0.3 is 24.2 Å². The maximum absolute atomic E-state index is 13.8. The van der Waals surface area contributed by atoms with Gasteiger partial charge in [-0.2, -0.15) is 0 Å². The predicted molar refractivity (Wildman–Crippen MR) is 148 cm³/mol. The van der Waals surface area contributed by atoms with Gasteiger partial charge >= 0.3 is 0 Å². The summed E-state index contributed by atoms with van der Waals surface area (Å²) in [5, 5.41) is 7.42. The highest BCUT2D eigenvalue weighted by Gasteiger charge is 2.43. The monoisotopic (exact) mass is 531 g/mol. The number of aryl methyl sites for hydroxylation is 2. The Labute approximate surface area is 229 Å². The summed E-state index contributed by atoms with van der Waals surface area (Å²) >= 11 is 0. The van der Waals surface area contributed by atoms with Crippen LogP contribution < -0.4 is 14.8 Å². The zero-order valence-electron chi connectivity index (χ0n) is 23.0. The summed E-state index contributed by atoms with van der Waals surface area (Å²) < 4.78 is 17.0. The van der Waals surface area contributed by atoms with E-state index >= 15 is 0 Å². The van der Waals surface area contributed by atoms with Gasteiger partial charge in [0.1, 0.15) is 35.1 Å². The average Bonchev–Trinajstić information content (AvgIpc) is 3.35. The third-order valence-corrected chi connectivity index (χ3v) is 8.12. The molecule has 3 heterocycles. The van der Waals surface area contributed by atoms with E-state index < -0.39 is 5.41 Å². The van der Waals surface area contributed by atoms with Crippen molar-refractivity contribution >= 4 is 11.8 Å². The molecule has 1 saturated heterocycles. The van der Waals surface area contributed by atoms with E-state index in [0.717, 1.165) is 31.4 Å². The molecule has 206 valence electrons. The second-order valence-electron chi connectivity index (χ2n) is 10.7. The van der Waals surface area contributed by atoms with Crippen molar-refractivity contribution in [3.63, 3.8) is 0 Å². The van der Waals surface area contributed by atoms with Gasteiger partial charge in [-0.25, -0.2) is 0 Å². The number of piperidine rings is 1. The molecule has 1 aromatic heterocycles. The molecule has 5 rings (SSSR count). The number of benzene rings is 2. The fraction of sp³-hybridized carbons (Fsp3) is 0.452. The van der Waals surface area contributed by atoms with Crippen LogP contribution in [0.2, 0.25) is 0 Å². The van der Waals surface area contributed by atoms with Crippen molar-refractivity contribution in [1.29, 1.82) is 0 Å². The zero-order chi connectivity index (χ0) is 27.4. The van der Waals surface area contributed by atoms with E-state index in [1.54, 1.807) is 14.0 Å². The topological polar surface area (TPSA) is 93.9 Å². The third-order valence-electron chi connectivity index (χ3n) is 8.12. The fourth-order valence-corrected chi connectivity index (χ4v) is 5.80. The SMILES string of the molecule is COc1ccccc1-c1noc(C)c1C(=O)N1CCC2(CCCCc3ccccc3OC[C@@H](C)NC2=O)CC1. The molecular formula is C31H37N3O5. The van der Waals surface area contributed by atoms with E-state index in [0.29, 0.717) is 60.9 Å². The molecule has 2 aromatic carbocycles. The molecule has 2 amide bonds. The molecule has 0 radical (unpaired) electrons. The van der Waals surface area contributed by atoms with Crippen LogP contribution in [0.15, 0.2) is 53.1 Å². The number of aromatic nitrogens is 1. The highest BCUT2D eigenvalue weighted by molar-refractivity contribution is 6.01. The Balaban J connectivity index is 1.32. The number of para-hydroxylation sites is 2. The number of carbonyl (C=O) groups excluding carboxylic acids is 2. The van der Waals surface area contributed by atoms with Crippen LogP contribution in [-0.2, 0) is 11.2 Å². The number of nitrogens with zero attached hydrogens (tertiary/aromatic N) is 2. The lowest BCUT2D eigenvalue weighted by Crippen LogP contribution is -2.52. The average molecular weight is 532 g/mol. The number of hydrogen-bond donors (Lipinski definition) is 1. The fourth-order valence-electron chi connectivity index (χ4n) is 5.80. The summed E-state index contributed by atoms with van der Waals surface area (Å²) in [5.41, 5.74) is 2.35. The molecule has 8 heteroatoms. The molecule has 2 aliphatic rings. The number of hydrogen-bond acceptors (Lipinski definition) is 6. The van der Waals surface area contributed by atoms with E-state index in [4.69, 9.17) is 14.0 Å². The molecule has 0 unspecified atom stereocenters. The highest BCUT2D eigenvalue weighted by atomic mass is 16.5. The number of methoxy groups -OCH3 is 1. The minimum Gasteiger partial charge on any atom is -0.496 e. The summed E-state index contributed by atoms with van der Waals surface area (Å²) in [4.78, 5) is 29.2. The first kappa shape index (κ1) is 26.8. The van der Waals surface area contributed by atoms with E-state index in [2.05, 4.69) is 16.5 Å². The van der Waals surface area contributed by atoms with Crippen LogP contribution in [0.4, 0.5) is 0 Å². The maximum atomic E-state index is 13.8. The molecule has 3 aromatic rings. The minimum absolute atomic E-state index is 0.0652. The molecule has 39 heavy (non-hydrogen) atoms. The van der Waals surface area contributed by atoms with Gasteiger partial charge in [-0.1, -0.05) is 41.9 Å². The van der Waals surface area contributed by atoms with Crippen molar-refractivity contribution in [3.8, 4) is 22.8 Å². The van der Waals surface area contributed by atoms with Crippen LogP contribution in [0, 0.1) is 12.3 Å². The molecule has 1 fully saturated rings. The van der Waals surface area contributed by atoms with Gasteiger partial charge in [0, 0.05) is 18.7 Å². The van der Waals surface area contributed by atoms with Crippen LogP contribution in [0.1, 0.15) is 60.7 Å². The standard InChI is InChI=1S/C31H37N3O5/c1-21-20-38-25-13-6-4-10-23(25)11-8-9-15-31(30(36)32-21)16-18-34(19-17-31)29(35)27-22(2)39-33-28(27)24-12-5-7-14-26(24)37-3/h4-7,10,12-14,21H,8-9,11,15-20H2,1-3H3,(H,32,36)/t21-/m1/s1. The van der Waals surface area contributed by atoms with Gasteiger partial charge in [-0.15, -0.1) is 0 Å². The molecule has 2 aliphatic heterocycles. The normalized spacial score (nSPS) is 19.7. The van der Waals surface area contributed by atoms with Crippen molar-refractivity contribution in [2.75, 3.05) is 26.8 Å². The Hall–Kier alpha value is -3.81. The van der Waals surface area contributed by atoms with Crippen LogP contribution in [0.3, 0.4) is 0 Å². The van der Waals surface area contributed by atoms with Crippen LogP contribution >= 0.6 is 0 Å². The van der Waals surface area contributed by atoms with Crippen LogP contribution in [0.25, 0.3) is 11.3 Å². The van der Waals surface area contributed by atoms with Gasteiger partial charge in [0.25, 0.3) is 5.91 Å². The molecule has 0 saturated carbocycles. The second kappa shape index (κ2) is 11.5. The Kier molecular flexibility index (Phi) is 7.91. The van der Waals surface area contributed by atoms with Crippen LogP contribution in [0.5, 0.6) is 11.5 Å². The van der Waals surface area contributed by atoms with Gasteiger partial charge in [0.2, 0.25) is 5.91 Å². The maximum Gasteiger partial charge on any atom is 0.259 e. The summed E-state index contributed by atoms with van der Waals surface area (Å²) in [6, 6.07) is 15.5. The second-order valence-corrected chi connectivity index (χ2v) is 10.7. The Morgan fingerprint density at radius 1 is 1.08 bits per heavy atom. The van der Waals surface area contributed by atoms with Gasteiger partial charge in [0.05, 0.1) is 18.6 Å². The summed E-state index contributed by atoms with van der Waals surface area (Å²) in [6.07, 6.45) is 4.87. The van der Waals surface area contributed by atoms with Crippen LogP contribution in [-0.4, -0.2) is 54.7 Å². The van der Waals surface area contributed by atoms with E-state index in [-0.39, 0.29) is 17.9 Å². The summed E-state index contributed by atoms with van der Waals surface area (Å²) in [5.74, 6) is 1.94. The van der Waals surface area contributed by atoms with E-state index in [1.807, 2.05) is 54.3 Å². The largest absolute Gasteiger partial charge is 0.496 e. The summed E-state index contributed by atoms with van der Waals surface area (Å²) in [7, 11) is 1.59. The molecule has 0 bridgehead atoms. The number of likely N-dealkylation sites (tertiary alicyclic amines) is 1. The van der Waals surface area contributed by atoms with E-state index in [9.17, 15) is 9.59 Å². The first-order chi connectivity index (χ1) is 18.9. The lowest BCUT2D eigenvalue weighted by molar-refractivity contribution is -0.135. The number of carbonyl (C=O) groups is 2. The van der Waals surface area contributed by atoms with Crippen molar-refractivity contribution in [1.82, 2.24) is 15.4 Å². The molecule has 1 spiro atoms. The lowest BCUT2D eigenvalue weighted by Gasteiger charge is -2.41. The quantitative estimate of drug-likeness (QED) is 0.500. The third kappa shape index (κ3) is 5.51.